The van der Waals surface area contributed by atoms with E-state index in [1.807, 2.05) is 32.0 Å². The molecule has 0 bridgehead atoms. The number of primary amides is 1. The number of aromatic nitrogens is 1. The van der Waals surface area contributed by atoms with Crippen molar-refractivity contribution in [3.63, 3.8) is 0 Å². The number of ether oxygens (including phenoxy) is 1. The maximum absolute atomic E-state index is 11.6. The fourth-order valence-corrected chi connectivity index (χ4v) is 4.36. The van der Waals surface area contributed by atoms with Crippen LogP contribution in [0.15, 0.2) is 30.3 Å². The predicted octanol–water partition coefficient (Wildman–Crippen LogP) is 3.70. The molecule has 0 spiro atoms. The lowest BCUT2D eigenvalue weighted by Gasteiger charge is -2.36. The first kappa shape index (κ1) is 22.1. The molecule has 2 heterocycles. The molecule has 3 rings (SSSR count). The Bertz CT molecular complexity index is 835. The van der Waals surface area contributed by atoms with Gasteiger partial charge in [0.1, 0.15) is 5.75 Å². The van der Waals surface area contributed by atoms with Crippen molar-refractivity contribution in [3.05, 3.63) is 52.8 Å². The summed E-state index contributed by atoms with van der Waals surface area (Å²) >= 11 is 0. The van der Waals surface area contributed by atoms with E-state index in [9.17, 15) is 4.79 Å². The minimum Gasteiger partial charge on any atom is -0.497 e. The lowest BCUT2D eigenvalue weighted by Crippen LogP contribution is -2.43. The average molecular weight is 411 g/mol. The van der Waals surface area contributed by atoms with E-state index in [1.54, 1.807) is 7.11 Å². The highest BCUT2D eigenvalue weighted by atomic mass is 16.5. The number of likely N-dealkylation sites (tertiary alicyclic amines) is 1. The number of rotatable bonds is 8. The number of aryl methyl sites for hydroxylation is 3. The van der Waals surface area contributed by atoms with Gasteiger partial charge in [-0.05, 0) is 82.3 Å². The van der Waals surface area contributed by atoms with Gasteiger partial charge in [-0.25, -0.2) is 0 Å². The number of amides is 1. The van der Waals surface area contributed by atoms with Crippen LogP contribution in [0, 0.1) is 13.8 Å². The number of nitrogens with one attached hydrogen (secondary N) is 1. The van der Waals surface area contributed by atoms with Gasteiger partial charge in [-0.3, -0.25) is 9.78 Å². The summed E-state index contributed by atoms with van der Waals surface area (Å²) in [6.45, 7) is 8.29. The molecule has 1 amide bonds. The van der Waals surface area contributed by atoms with Gasteiger partial charge in [0.15, 0.2) is 0 Å². The van der Waals surface area contributed by atoms with E-state index < -0.39 is 5.91 Å². The number of hydrogen-bond donors (Lipinski definition) is 2. The van der Waals surface area contributed by atoms with Crippen molar-refractivity contribution >= 4 is 11.6 Å². The first-order valence-corrected chi connectivity index (χ1v) is 10.8. The van der Waals surface area contributed by atoms with Crippen LogP contribution in [0.1, 0.15) is 53.5 Å². The van der Waals surface area contributed by atoms with Crippen molar-refractivity contribution in [1.82, 2.24) is 9.88 Å². The zero-order valence-electron chi connectivity index (χ0n) is 18.6. The van der Waals surface area contributed by atoms with Crippen LogP contribution in [0.25, 0.3) is 0 Å². The first-order valence-electron chi connectivity index (χ1n) is 10.8. The number of pyridine rings is 1. The molecule has 0 aliphatic carbocycles. The van der Waals surface area contributed by atoms with Crippen molar-refractivity contribution in [3.8, 4) is 5.75 Å². The van der Waals surface area contributed by atoms with Gasteiger partial charge in [0.05, 0.1) is 18.4 Å². The average Bonchev–Trinajstić information content (AvgIpc) is 2.72. The topological polar surface area (TPSA) is 80.5 Å². The van der Waals surface area contributed by atoms with Crippen LogP contribution in [0.4, 0.5) is 5.69 Å². The molecule has 1 fully saturated rings. The zero-order chi connectivity index (χ0) is 21.7. The summed E-state index contributed by atoms with van der Waals surface area (Å²) in [7, 11) is 1.69. The van der Waals surface area contributed by atoms with Crippen molar-refractivity contribution < 1.29 is 9.53 Å². The Kier molecular flexibility index (Phi) is 7.32. The SMILES string of the molecule is COc1ccc(NC2CCN([C@H](C)CCc3cc(C)c(C(N)=O)c(C)n3)CC2)cc1. The highest BCUT2D eigenvalue weighted by molar-refractivity contribution is 5.95. The quantitative estimate of drug-likeness (QED) is 0.694. The summed E-state index contributed by atoms with van der Waals surface area (Å²) in [4.78, 5) is 18.7. The lowest BCUT2D eigenvalue weighted by atomic mass is 10.00. The number of carbonyl (C=O) groups excluding carboxylic acids is 1. The molecular formula is C24H34N4O2. The number of benzene rings is 1. The third-order valence-electron chi connectivity index (χ3n) is 6.13. The molecule has 0 radical (unpaired) electrons. The molecule has 1 saturated heterocycles. The molecule has 6 heteroatoms. The summed E-state index contributed by atoms with van der Waals surface area (Å²) in [6, 6.07) is 11.2. The van der Waals surface area contributed by atoms with Gasteiger partial charge in [-0.1, -0.05) is 0 Å². The minimum atomic E-state index is -0.400. The second kappa shape index (κ2) is 9.94. The Morgan fingerprint density at radius 3 is 2.50 bits per heavy atom. The molecule has 0 saturated carbocycles. The Morgan fingerprint density at radius 2 is 1.93 bits per heavy atom. The second-order valence-corrected chi connectivity index (χ2v) is 8.33. The Labute approximate surface area is 179 Å². The van der Waals surface area contributed by atoms with Crippen LogP contribution in [-0.4, -0.2) is 48.1 Å². The highest BCUT2D eigenvalue weighted by Crippen LogP contribution is 2.22. The molecule has 162 valence electrons. The van der Waals surface area contributed by atoms with Crippen LogP contribution >= 0.6 is 0 Å². The number of anilines is 1. The number of nitrogens with zero attached hydrogens (tertiary/aromatic N) is 2. The maximum Gasteiger partial charge on any atom is 0.250 e. The summed E-state index contributed by atoms with van der Waals surface area (Å²) < 4.78 is 5.22. The van der Waals surface area contributed by atoms with Crippen LogP contribution in [0.3, 0.4) is 0 Å². The van der Waals surface area contributed by atoms with Crippen molar-refractivity contribution in [1.29, 1.82) is 0 Å². The van der Waals surface area contributed by atoms with E-state index in [-0.39, 0.29) is 0 Å². The molecule has 1 atom stereocenters. The Morgan fingerprint density at radius 1 is 1.27 bits per heavy atom. The number of carbonyl (C=O) groups is 1. The van der Waals surface area contributed by atoms with Gasteiger partial charge in [-0.15, -0.1) is 0 Å². The number of nitrogens with two attached hydrogens (primary N) is 1. The van der Waals surface area contributed by atoms with Crippen LogP contribution < -0.4 is 15.8 Å². The molecule has 2 aromatic rings. The molecule has 1 aromatic carbocycles. The number of methoxy groups -OCH3 is 1. The summed E-state index contributed by atoms with van der Waals surface area (Å²) in [5, 5.41) is 3.65. The van der Waals surface area contributed by atoms with Crippen LogP contribution in [0.5, 0.6) is 5.75 Å². The van der Waals surface area contributed by atoms with Gasteiger partial charge in [0.2, 0.25) is 0 Å². The van der Waals surface area contributed by atoms with E-state index >= 15 is 0 Å². The normalized spacial score (nSPS) is 16.3. The third kappa shape index (κ3) is 5.51. The molecule has 0 unspecified atom stereocenters. The molecule has 3 N–H and O–H groups in total. The molecule has 6 nitrogen and oxygen atoms in total. The van der Waals surface area contributed by atoms with Crippen molar-refractivity contribution in [2.24, 2.45) is 5.73 Å². The fraction of sp³-hybridized carbons (Fsp3) is 0.500. The van der Waals surface area contributed by atoms with E-state index in [0.717, 1.165) is 67.2 Å². The lowest BCUT2D eigenvalue weighted by molar-refractivity contribution is 0.0998. The van der Waals surface area contributed by atoms with Gasteiger partial charge in [0.25, 0.3) is 5.91 Å². The van der Waals surface area contributed by atoms with Crippen molar-refractivity contribution in [2.75, 3.05) is 25.5 Å². The second-order valence-electron chi connectivity index (χ2n) is 8.33. The van der Waals surface area contributed by atoms with Crippen molar-refractivity contribution in [2.45, 2.75) is 58.5 Å². The van der Waals surface area contributed by atoms with Gasteiger partial charge in [-0.2, -0.15) is 0 Å². The Balaban J connectivity index is 1.47. The van der Waals surface area contributed by atoms with E-state index in [4.69, 9.17) is 10.5 Å². The summed E-state index contributed by atoms with van der Waals surface area (Å²) in [6.07, 6.45) is 4.24. The summed E-state index contributed by atoms with van der Waals surface area (Å²) in [5.41, 5.74) is 9.86. The highest BCUT2D eigenvalue weighted by Gasteiger charge is 2.23. The summed E-state index contributed by atoms with van der Waals surface area (Å²) in [5.74, 6) is 0.483. The van der Waals surface area contributed by atoms with Gasteiger partial charge in [0, 0.05) is 36.6 Å². The van der Waals surface area contributed by atoms with E-state index in [2.05, 4.69) is 34.3 Å². The third-order valence-corrected chi connectivity index (χ3v) is 6.13. The monoisotopic (exact) mass is 410 g/mol. The minimum absolute atomic E-state index is 0.400. The Hall–Kier alpha value is -2.60. The fourth-order valence-electron chi connectivity index (χ4n) is 4.36. The standard InChI is InChI=1S/C24H34N4O2/c1-16-15-21(26-18(3)23(16)24(25)29)6-5-17(2)28-13-11-20(12-14-28)27-19-7-9-22(30-4)10-8-19/h7-10,15,17,20,27H,5-6,11-14H2,1-4H3,(H2,25,29)/t17-/m1/s1. The van der Waals surface area contributed by atoms with E-state index in [0.29, 0.717) is 17.6 Å². The number of piperidine rings is 1. The maximum atomic E-state index is 11.6. The molecule has 30 heavy (non-hydrogen) atoms. The molecule has 1 aliphatic rings. The zero-order valence-corrected chi connectivity index (χ0v) is 18.6. The van der Waals surface area contributed by atoms with Gasteiger partial charge < -0.3 is 20.7 Å². The largest absolute Gasteiger partial charge is 0.497 e. The van der Waals surface area contributed by atoms with Crippen LogP contribution in [-0.2, 0) is 6.42 Å². The smallest absolute Gasteiger partial charge is 0.250 e. The number of hydrogen-bond acceptors (Lipinski definition) is 5. The van der Waals surface area contributed by atoms with Crippen LogP contribution in [0.2, 0.25) is 0 Å². The predicted molar refractivity (Wildman–Crippen MR) is 121 cm³/mol. The van der Waals surface area contributed by atoms with Gasteiger partial charge >= 0.3 is 0 Å². The molecule has 1 aromatic heterocycles. The molecular weight excluding hydrogens is 376 g/mol. The first-order chi connectivity index (χ1) is 14.4. The van der Waals surface area contributed by atoms with E-state index in [1.165, 1.54) is 0 Å². The molecule has 1 aliphatic heterocycles.